The van der Waals surface area contributed by atoms with E-state index in [0.29, 0.717) is 6.04 Å². The van der Waals surface area contributed by atoms with Crippen molar-refractivity contribution in [2.75, 3.05) is 0 Å². The topological polar surface area (TPSA) is 49.3 Å². The highest BCUT2D eigenvalue weighted by Crippen LogP contribution is 2.14. The standard InChI is InChI=1S/C8H15NO2/c1-2-6-4-3-5-7(9-6)8(10)11/h6-7,9H,2-5H2,1H3,(H,10,11)/t6-,7-/m1/s1. The lowest BCUT2D eigenvalue weighted by molar-refractivity contribution is -0.140. The second kappa shape index (κ2) is 3.72. The molecule has 2 atom stereocenters. The molecule has 0 unspecified atom stereocenters. The van der Waals surface area contributed by atoms with E-state index in [1.807, 2.05) is 0 Å². The number of aliphatic carboxylic acids is 1. The largest absolute Gasteiger partial charge is 0.480 e. The van der Waals surface area contributed by atoms with E-state index in [1.54, 1.807) is 0 Å². The molecule has 3 heteroatoms. The van der Waals surface area contributed by atoms with Crippen molar-refractivity contribution in [3.63, 3.8) is 0 Å². The molecule has 0 aromatic carbocycles. The van der Waals surface area contributed by atoms with Gasteiger partial charge < -0.3 is 10.4 Å². The first-order valence-electron chi connectivity index (χ1n) is 4.23. The second-order valence-electron chi connectivity index (χ2n) is 3.09. The zero-order valence-electron chi connectivity index (χ0n) is 6.84. The number of rotatable bonds is 2. The molecule has 0 aromatic rings. The highest BCUT2D eigenvalue weighted by Gasteiger charge is 2.24. The van der Waals surface area contributed by atoms with E-state index in [-0.39, 0.29) is 6.04 Å². The molecule has 3 nitrogen and oxygen atoms in total. The summed E-state index contributed by atoms with van der Waals surface area (Å²) in [5.74, 6) is -0.705. The predicted molar refractivity (Wildman–Crippen MR) is 42.5 cm³/mol. The van der Waals surface area contributed by atoms with Crippen LogP contribution in [0, 0.1) is 0 Å². The van der Waals surface area contributed by atoms with Crippen molar-refractivity contribution in [1.82, 2.24) is 5.32 Å². The van der Waals surface area contributed by atoms with Crippen LogP contribution in [0.1, 0.15) is 32.6 Å². The number of hydrogen-bond acceptors (Lipinski definition) is 2. The number of carbonyl (C=O) groups is 1. The van der Waals surface area contributed by atoms with Crippen LogP contribution in [0.25, 0.3) is 0 Å². The molecule has 2 N–H and O–H groups in total. The van der Waals surface area contributed by atoms with Gasteiger partial charge in [-0.15, -0.1) is 0 Å². The zero-order chi connectivity index (χ0) is 8.27. The summed E-state index contributed by atoms with van der Waals surface area (Å²) in [5, 5.41) is 11.8. The Balaban J connectivity index is 2.39. The van der Waals surface area contributed by atoms with E-state index in [1.165, 1.54) is 0 Å². The van der Waals surface area contributed by atoms with Crippen molar-refractivity contribution in [2.24, 2.45) is 0 Å². The SMILES string of the molecule is CC[C@@H]1CCC[C@H](C(=O)O)N1. The Morgan fingerprint density at radius 3 is 2.91 bits per heavy atom. The molecule has 0 spiro atoms. The van der Waals surface area contributed by atoms with Crippen LogP contribution in [0.15, 0.2) is 0 Å². The van der Waals surface area contributed by atoms with Gasteiger partial charge in [0.1, 0.15) is 6.04 Å². The average molecular weight is 157 g/mol. The molecule has 0 bridgehead atoms. The summed E-state index contributed by atoms with van der Waals surface area (Å²) in [7, 11) is 0. The van der Waals surface area contributed by atoms with Crippen LogP contribution in [0.2, 0.25) is 0 Å². The first-order chi connectivity index (χ1) is 5.24. The third kappa shape index (κ3) is 2.19. The van der Waals surface area contributed by atoms with Crippen molar-refractivity contribution in [3.05, 3.63) is 0 Å². The summed E-state index contributed by atoms with van der Waals surface area (Å²) in [6.07, 6.45) is 3.98. The van der Waals surface area contributed by atoms with Gasteiger partial charge in [0, 0.05) is 6.04 Å². The molecule has 0 saturated carbocycles. The van der Waals surface area contributed by atoms with Crippen molar-refractivity contribution < 1.29 is 9.90 Å². The van der Waals surface area contributed by atoms with Crippen molar-refractivity contribution >= 4 is 5.97 Å². The van der Waals surface area contributed by atoms with Gasteiger partial charge in [-0.2, -0.15) is 0 Å². The monoisotopic (exact) mass is 157 g/mol. The predicted octanol–water partition coefficient (Wildman–Crippen LogP) is 0.992. The maximum Gasteiger partial charge on any atom is 0.320 e. The summed E-state index contributed by atoms with van der Waals surface area (Å²) in [6.45, 7) is 2.09. The average Bonchev–Trinajstić information content (AvgIpc) is 2.05. The second-order valence-corrected chi connectivity index (χ2v) is 3.09. The highest BCUT2D eigenvalue weighted by molar-refractivity contribution is 5.73. The molecule has 0 aromatic heterocycles. The summed E-state index contributed by atoms with van der Waals surface area (Å²) in [4.78, 5) is 10.6. The van der Waals surface area contributed by atoms with Gasteiger partial charge in [0.15, 0.2) is 0 Å². The first kappa shape index (κ1) is 8.53. The van der Waals surface area contributed by atoms with Crippen LogP contribution in [0.4, 0.5) is 0 Å². The van der Waals surface area contributed by atoms with Crippen LogP contribution in [-0.4, -0.2) is 23.2 Å². The van der Waals surface area contributed by atoms with Crippen molar-refractivity contribution in [1.29, 1.82) is 0 Å². The van der Waals surface area contributed by atoms with Crippen LogP contribution in [-0.2, 0) is 4.79 Å². The summed E-state index contributed by atoms with van der Waals surface area (Å²) < 4.78 is 0. The fourth-order valence-corrected chi connectivity index (χ4v) is 1.54. The normalized spacial score (nSPS) is 31.7. The number of nitrogens with one attached hydrogen (secondary N) is 1. The smallest absolute Gasteiger partial charge is 0.320 e. The van der Waals surface area contributed by atoms with Crippen LogP contribution in [0.5, 0.6) is 0 Å². The molecule has 0 amide bonds. The number of carboxylic acids is 1. The van der Waals surface area contributed by atoms with Gasteiger partial charge >= 0.3 is 5.97 Å². The minimum atomic E-state index is -0.705. The Bertz CT molecular complexity index is 147. The van der Waals surface area contributed by atoms with Gasteiger partial charge in [-0.05, 0) is 25.7 Å². The molecule has 1 heterocycles. The molecule has 11 heavy (non-hydrogen) atoms. The Morgan fingerprint density at radius 1 is 1.64 bits per heavy atom. The van der Waals surface area contributed by atoms with E-state index in [9.17, 15) is 4.79 Å². The highest BCUT2D eigenvalue weighted by atomic mass is 16.4. The Hall–Kier alpha value is -0.570. The molecule has 1 aliphatic heterocycles. The van der Waals surface area contributed by atoms with E-state index in [4.69, 9.17) is 5.11 Å². The minimum absolute atomic E-state index is 0.298. The molecule has 0 aliphatic carbocycles. The van der Waals surface area contributed by atoms with Crippen molar-refractivity contribution in [3.8, 4) is 0 Å². The van der Waals surface area contributed by atoms with Crippen LogP contribution in [0.3, 0.4) is 0 Å². The van der Waals surface area contributed by atoms with Gasteiger partial charge in [-0.3, -0.25) is 4.79 Å². The maximum absolute atomic E-state index is 10.6. The quantitative estimate of drug-likeness (QED) is 0.628. The van der Waals surface area contributed by atoms with Gasteiger partial charge in [0.2, 0.25) is 0 Å². The molecule has 64 valence electrons. The molecular weight excluding hydrogens is 142 g/mol. The molecule has 1 rings (SSSR count). The van der Waals surface area contributed by atoms with E-state index in [2.05, 4.69) is 12.2 Å². The van der Waals surface area contributed by atoms with E-state index in [0.717, 1.165) is 25.7 Å². The third-order valence-electron chi connectivity index (χ3n) is 2.27. The van der Waals surface area contributed by atoms with Crippen LogP contribution < -0.4 is 5.32 Å². The summed E-state index contributed by atoms with van der Waals surface area (Å²) in [5.41, 5.74) is 0. The maximum atomic E-state index is 10.6. The zero-order valence-corrected chi connectivity index (χ0v) is 6.84. The van der Waals surface area contributed by atoms with Gasteiger partial charge in [0.05, 0.1) is 0 Å². The van der Waals surface area contributed by atoms with Crippen LogP contribution >= 0.6 is 0 Å². The fraction of sp³-hybridized carbons (Fsp3) is 0.875. The van der Waals surface area contributed by atoms with E-state index < -0.39 is 5.97 Å². The Morgan fingerprint density at radius 2 is 2.36 bits per heavy atom. The van der Waals surface area contributed by atoms with Gasteiger partial charge in [0.25, 0.3) is 0 Å². The number of piperidine rings is 1. The third-order valence-corrected chi connectivity index (χ3v) is 2.27. The van der Waals surface area contributed by atoms with Crippen molar-refractivity contribution in [2.45, 2.75) is 44.7 Å². The first-order valence-corrected chi connectivity index (χ1v) is 4.23. The molecular formula is C8H15NO2. The molecule has 1 fully saturated rings. The molecule has 0 radical (unpaired) electrons. The lowest BCUT2D eigenvalue weighted by atomic mass is 9.97. The van der Waals surface area contributed by atoms with E-state index >= 15 is 0 Å². The number of hydrogen-bond donors (Lipinski definition) is 2. The fourth-order valence-electron chi connectivity index (χ4n) is 1.54. The van der Waals surface area contributed by atoms with Gasteiger partial charge in [-0.1, -0.05) is 6.92 Å². The summed E-state index contributed by atoms with van der Waals surface area (Å²) >= 11 is 0. The number of carboxylic acid groups (broad SMARTS) is 1. The van der Waals surface area contributed by atoms with Gasteiger partial charge in [-0.25, -0.2) is 0 Å². The minimum Gasteiger partial charge on any atom is -0.480 e. The summed E-state index contributed by atoms with van der Waals surface area (Å²) in [6, 6.07) is 0.124. The molecule has 1 aliphatic rings. The lowest BCUT2D eigenvalue weighted by Crippen LogP contribution is -2.46. The Labute approximate surface area is 66.8 Å². The molecule has 1 saturated heterocycles. The lowest BCUT2D eigenvalue weighted by Gasteiger charge is -2.27. The Kier molecular flexibility index (Phi) is 2.88.